The summed E-state index contributed by atoms with van der Waals surface area (Å²) >= 11 is 0. The molecule has 7 nitrogen and oxygen atoms in total. The molecule has 2 aromatic rings. The zero-order chi connectivity index (χ0) is 13.0. The number of rotatable bonds is 4. The van der Waals surface area contributed by atoms with Gasteiger partial charge < -0.3 is 10.1 Å². The molecule has 0 aliphatic heterocycles. The number of carboxylic acids is 1. The first-order valence-electron chi connectivity index (χ1n) is 5.28. The van der Waals surface area contributed by atoms with E-state index in [4.69, 9.17) is 5.11 Å². The summed E-state index contributed by atoms with van der Waals surface area (Å²) in [7, 11) is 0. The molecule has 0 radical (unpaired) electrons. The van der Waals surface area contributed by atoms with Crippen LogP contribution in [0, 0.1) is 0 Å². The Kier molecular flexibility index (Phi) is 3.42. The van der Waals surface area contributed by atoms with Gasteiger partial charge in [0.1, 0.15) is 18.4 Å². The number of nitrogens with one attached hydrogen (secondary N) is 1. The molecule has 18 heavy (non-hydrogen) atoms. The van der Waals surface area contributed by atoms with Crippen molar-refractivity contribution in [1.82, 2.24) is 15.1 Å². The number of aliphatic carboxylic acids is 1. The van der Waals surface area contributed by atoms with E-state index in [-0.39, 0.29) is 12.0 Å². The van der Waals surface area contributed by atoms with Gasteiger partial charge in [0.25, 0.3) is 5.56 Å². The number of hydrogen-bond acceptors (Lipinski definition) is 4. The van der Waals surface area contributed by atoms with Gasteiger partial charge in [-0.25, -0.2) is 4.98 Å². The highest BCUT2D eigenvalue weighted by atomic mass is 16.4. The van der Waals surface area contributed by atoms with Crippen molar-refractivity contribution in [3.8, 4) is 11.4 Å². The molecule has 0 amide bonds. The van der Waals surface area contributed by atoms with Crippen molar-refractivity contribution in [1.29, 1.82) is 0 Å². The fourth-order valence-electron chi connectivity index (χ4n) is 1.38. The minimum Gasteiger partial charge on any atom is -0.481 e. The number of H-pyrrole nitrogens is 1. The van der Waals surface area contributed by atoms with Crippen molar-refractivity contribution in [3.05, 3.63) is 41.1 Å². The highest BCUT2D eigenvalue weighted by Gasteiger charge is 2.08. The van der Waals surface area contributed by atoms with Crippen molar-refractivity contribution >= 4 is 5.97 Å². The van der Waals surface area contributed by atoms with Gasteiger partial charge in [0, 0.05) is 23.9 Å². The highest BCUT2D eigenvalue weighted by Crippen LogP contribution is 2.07. The van der Waals surface area contributed by atoms with Gasteiger partial charge in [-0.15, -0.1) is 0 Å². The second-order valence-corrected chi connectivity index (χ2v) is 3.61. The second-order valence-electron chi connectivity index (χ2n) is 3.61. The lowest BCUT2D eigenvalue weighted by molar-refractivity contribution is -0.752. The highest BCUT2D eigenvalue weighted by molar-refractivity contribution is 5.66. The maximum atomic E-state index is 11.1. The van der Waals surface area contributed by atoms with Crippen LogP contribution in [0.5, 0.6) is 0 Å². The molecule has 0 bridgehead atoms. The summed E-state index contributed by atoms with van der Waals surface area (Å²) in [6.45, 7) is 0.300. The first-order chi connectivity index (χ1) is 8.65. The summed E-state index contributed by atoms with van der Waals surface area (Å²) in [5.74, 6) is -0.442. The summed E-state index contributed by atoms with van der Waals surface area (Å²) in [4.78, 5) is 28.1. The molecule has 92 valence electrons. The minimum absolute atomic E-state index is 0.0113. The summed E-state index contributed by atoms with van der Waals surface area (Å²) in [6.07, 6.45) is 4.60. The second kappa shape index (κ2) is 5.17. The van der Waals surface area contributed by atoms with Crippen LogP contribution in [0.3, 0.4) is 0 Å². The van der Waals surface area contributed by atoms with Crippen LogP contribution in [0.25, 0.3) is 11.4 Å². The van der Waals surface area contributed by atoms with Gasteiger partial charge in [-0.1, -0.05) is 4.68 Å². The lowest BCUT2D eigenvalue weighted by Gasteiger charge is -1.97. The van der Waals surface area contributed by atoms with Crippen LogP contribution in [-0.4, -0.2) is 26.1 Å². The number of aromatic amines is 1. The summed E-state index contributed by atoms with van der Waals surface area (Å²) in [5, 5.41) is 12.6. The monoisotopic (exact) mass is 247 g/mol. The Morgan fingerprint density at radius 3 is 2.89 bits per heavy atom. The average molecular weight is 247 g/mol. The SMILES string of the molecule is O=C(O)CC[n+]1ccc(-c2nccc(=O)[nH]2)cn1. The first-order valence-corrected chi connectivity index (χ1v) is 5.28. The molecule has 0 fully saturated rings. The van der Waals surface area contributed by atoms with E-state index >= 15 is 0 Å². The Labute approximate surface area is 102 Å². The summed E-state index contributed by atoms with van der Waals surface area (Å²) in [5.41, 5.74) is 0.432. The van der Waals surface area contributed by atoms with Crippen molar-refractivity contribution in [3.63, 3.8) is 0 Å². The van der Waals surface area contributed by atoms with Crippen LogP contribution in [-0.2, 0) is 11.3 Å². The van der Waals surface area contributed by atoms with Gasteiger partial charge >= 0.3 is 5.97 Å². The Bertz CT molecular complexity index is 606. The molecule has 0 atom stereocenters. The molecule has 0 aliphatic carbocycles. The van der Waals surface area contributed by atoms with E-state index in [0.717, 1.165) is 0 Å². The van der Waals surface area contributed by atoms with Gasteiger partial charge in [0.2, 0.25) is 0 Å². The molecule has 0 aromatic carbocycles. The Morgan fingerprint density at radius 2 is 2.28 bits per heavy atom. The third-order valence-corrected chi connectivity index (χ3v) is 2.27. The predicted octanol–water partition coefficient (Wildman–Crippen LogP) is -0.406. The van der Waals surface area contributed by atoms with Gasteiger partial charge in [-0.2, -0.15) is 0 Å². The average Bonchev–Trinajstić information content (AvgIpc) is 2.37. The lowest BCUT2D eigenvalue weighted by atomic mass is 10.3. The first kappa shape index (κ1) is 11.9. The van der Waals surface area contributed by atoms with Crippen molar-refractivity contribution in [2.24, 2.45) is 0 Å². The predicted molar refractivity (Wildman–Crippen MR) is 60.5 cm³/mol. The van der Waals surface area contributed by atoms with Crippen molar-refractivity contribution in [2.45, 2.75) is 13.0 Å². The third-order valence-electron chi connectivity index (χ3n) is 2.27. The van der Waals surface area contributed by atoms with Crippen LogP contribution in [0.1, 0.15) is 6.42 Å². The number of hydrogen-bond donors (Lipinski definition) is 2. The number of aromatic nitrogens is 4. The maximum absolute atomic E-state index is 11.1. The topological polar surface area (TPSA) is 99.8 Å². The lowest BCUT2D eigenvalue weighted by Crippen LogP contribution is -2.38. The molecule has 2 rings (SSSR count). The minimum atomic E-state index is -0.873. The van der Waals surface area contributed by atoms with Crippen molar-refractivity contribution in [2.75, 3.05) is 0 Å². The third kappa shape index (κ3) is 2.97. The van der Waals surface area contributed by atoms with Gasteiger partial charge in [0.05, 0.1) is 0 Å². The molecular formula is C11H11N4O3+. The van der Waals surface area contributed by atoms with Crippen LogP contribution < -0.4 is 10.2 Å². The quantitative estimate of drug-likeness (QED) is 0.716. The van der Waals surface area contributed by atoms with E-state index in [9.17, 15) is 9.59 Å². The van der Waals surface area contributed by atoms with E-state index in [1.807, 2.05) is 0 Å². The molecule has 7 heteroatoms. The number of nitrogens with zero attached hydrogens (tertiary/aromatic N) is 3. The van der Waals surface area contributed by atoms with E-state index in [1.54, 1.807) is 12.3 Å². The molecule has 0 unspecified atom stereocenters. The van der Waals surface area contributed by atoms with Crippen LogP contribution in [0.4, 0.5) is 0 Å². The zero-order valence-electron chi connectivity index (χ0n) is 9.41. The smallest absolute Gasteiger partial charge is 0.309 e. The van der Waals surface area contributed by atoms with E-state index in [0.29, 0.717) is 17.9 Å². The standard InChI is InChI=1S/C11H10N4O3/c16-9-1-4-12-11(14-9)8-2-5-15(13-7-8)6-3-10(17)18/h1-2,4-5,7H,3,6H2,(H-,12,14,16,17,18)/p+1. The molecule has 2 heterocycles. The normalized spacial score (nSPS) is 10.2. The van der Waals surface area contributed by atoms with Crippen LogP contribution >= 0.6 is 0 Å². The van der Waals surface area contributed by atoms with Crippen LogP contribution in [0.15, 0.2) is 35.5 Å². The molecule has 2 N–H and O–H groups in total. The number of aryl methyl sites for hydroxylation is 1. The van der Waals surface area contributed by atoms with Crippen molar-refractivity contribution < 1.29 is 14.6 Å². The number of carbonyl (C=O) groups is 1. The van der Waals surface area contributed by atoms with Gasteiger partial charge in [-0.05, 0) is 5.10 Å². The molecule has 2 aromatic heterocycles. The Morgan fingerprint density at radius 1 is 1.44 bits per heavy atom. The fourth-order valence-corrected chi connectivity index (χ4v) is 1.38. The molecular weight excluding hydrogens is 236 g/mol. The van der Waals surface area contributed by atoms with Crippen LogP contribution in [0.2, 0.25) is 0 Å². The largest absolute Gasteiger partial charge is 0.481 e. The Balaban J connectivity index is 2.17. The van der Waals surface area contributed by atoms with E-state index < -0.39 is 5.97 Å². The van der Waals surface area contributed by atoms with E-state index in [2.05, 4.69) is 15.1 Å². The summed E-state index contributed by atoms with van der Waals surface area (Å²) < 4.78 is 1.51. The fraction of sp³-hybridized carbons (Fsp3) is 0.182. The number of carboxylic acid groups (broad SMARTS) is 1. The van der Waals surface area contributed by atoms with Gasteiger partial charge in [0.15, 0.2) is 12.7 Å². The zero-order valence-corrected chi connectivity index (χ0v) is 9.41. The Hall–Kier alpha value is -2.57. The molecule has 0 aliphatic rings. The summed E-state index contributed by atoms with van der Waals surface area (Å²) in [6, 6.07) is 3.04. The van der Waals surface area contributed by atoms with E-state index in [1.165, 1.54) is 23.1 Å². The molecule has 0 saturated heterocycles. The molecule has 0 saturated carbocycles. The molecule has 0 spiro atoms. The van der Waals surface area contributed by atoms with Gasteiger partial charge in [-0.3, -0.25) is 9.59 Å². The maximum Gasteiger partial charge on any atom is 0.309 e.